The molecule has 1 N–H and O–H groups in total. The van der Waals surface area contributed by atoms with Crippen molar-refractivity contribution in [1.82, 2.24) is 0 Å². The Balaban J connectivity index is 1.88. The predicted octanol–water partition coefficient (Wildman–Crippen LogP) is 2.37. The molecule has 0 amide bonds. The SMILES string of the molecule is COc1c(OC2CCOC2)cccc1C1(CC(=O)O)CC1. The highest BCUT2D eigenvalue weighted by atomic mass is 16.6. The molecule has 1 aromatic carbocycles. The van der Waals surface area contributed by atoms with Gasteiger partial charge in [0.05, 0.1) is 26.7 Å². The summed E-state index contributed by atoms with van der Waals surface area (Å²) in [5.74, 6) is 0.579. The normalized spacial score (nSPS) is 22.8. The van der Waals surface area contributed by atoms with Crippen LogP contribution in [-0.4, -0.2) is 37.5 Å². The quantitative estimate of drug-likeness (QED) is 0.872. The molecule has 1 aliphatic carbocycles. The highest BCUT2D eigenvalue weighted by Gasteiger charge is 2.48. The molecule has 2 fully saturated rings. The van der Waals surface area contributed by atoms with Crippen LogP contribution in [0.5, 0.6) is 11.5 Å². The van der Waals surface area contributed by atoms with E-state index in [1.807, 2.05) is 18.2 Å². The van der Waals surface area contributed by atoms with E-state index in [1.54, 1.807) is 7.11 Å². The molecule has 0 spiro atoms. The minimum Gasteiger partial charge on any atom is -0.493 e. The van der Waals surface area contributed by atoms with E-state index < -0.39 is 5.97 Å². The van der Waals surface area contributed by atoms with Gasteiger partial charge in [0.1, 0.15) is 6.10 Å². The minimum atomic E-state index is -0.773. The Morgan fingerprint density at radius 1 is 1.48 bits per heavy atom. The maximum absolute atomic E-state index is 11.1. The van der Waals surface area contributed by atoms with Crippen molar-refractivity contribution in [2.24, 2.45) is 0 Å². The molecule has 0 radical (unpaired) electrons. The van der Waals surface area contributed by atoms with Crippen LogP contribution in [-0.2, 0) is 14.9 Å². The Morgan fingerprint density at radius 2 is 2.29 bits per heavy atom. The van der Waals surface area contributed by atoms with Crippen molar-refractivity contribution in [3.05, 3.63) is 23.8 Å². The van der Waals surface area contributed by atoms with Crippen LogP contribution in [0, 0.1) is 0 Å². The van der Waals surface area contributed by atoms with Crippen molar-refractivity contribution in [3.63, 3.8) is 0 Å². The van der Waals surface area contributed by atoms with Crippen LogP contribution in [0.1, 0.15) is 31.2 Å². The fraction of sp³-hybridized carbons (Fsp3) is 0.562. The van der Waals surface area contributed by atoms with Crippen molar-refractivity contribution in [2.75, 3.05) is 20.3 Å². The second-order valence-electron chi connectivity index (χ2n) is 5.79. The van der Waals surface area contributed by atoms with Crippen LogP contribution in [0.2, 0.25) is 0 Å². The third-order valence-corrected chi connectivity index (χ3v) is 4.28. The summed E-state index contributed by atoms with van der Waals surface area (Å²) in [5, 5.41) is 9.12. The van der Waals surface area contributed by atoms with Gasteiger partial charge in [-0.05, 0) is 18.9 Å². The number of hydrogen-bond acceptors (Lipinski definition) is 4. The number of rotatable bonds is 6. The van der Waals surface area contributed by atoms with E-state index in [9.17, 15) is 4.79 Å². The zero-order valence-electron chi connectivity index (χ0n) is 12.1. The van der Waals surface area contributed by atoms with Crippen LogP contribution in [0.25, 0.3) is 0 Å². The molecule has 0 aromatic heterocycles. The average Bonchev–Trinajstić information content (AvgIpc) is 3.04. The van der Waals surface area contributed by atoms with E-state index in [4.69, 9.17) is 19.3 Å². The van der Waals surface area contributed by atoms with E-state index >= 15 is 0 Å². The van der Waals surface area contributed by atoms with Crippen LogP contribution in [0.15, 0.2) is 18.2 Å². The van der Waals surface area contributed by atoms with E-state index in [2.05, 4.69) is 0 Å². The van der Waals surface area contributed by atoms with Gasteiger partial charge in [0.15, 0.2) is 11.5 Å². The predicted molar refractivity (Wildman–Crippen MR) is 76.0 cm³/mol. The van der Waals surface area contributed by atoms with Crippen molar-refractivity contribution in [1.29, 1.82) is 0 Å². The van der Waals surface area contributed by atoms with Crippen LogP contribution >= 0.6 is 0 Å². The van der Waals surface area contributed by atoms with Crippen molar-refractivity contribution in [2.45, 2.75) is 37.2 Å². The first-order valence-corrected chi connectivity index (χ1v) is 7.28. The molecule has 5 nitrogen and oxygen atoms in total. The topological polar surface area (TPSA) is 65.0 Å². The Bertz CT molecular complexity index is 529. The third kappa shape index (κ3) is 2.83. The van der Waals surface area contributed by atoms with E-state index in [-0.39, 0.29) is 17.9 Å². The fourth-order valence-corrected chi connectivity index (χ4v) is 3.00. The zero-order valence-corrected chi connectivity index (χ0v) is 12.1. The Hall–Kier alpha value is -1.75. The third-order valence-electron chi connectivity index (χ3n) is 4.28. The number of hydrogen-bond donors (Lipinski definition) is 1. The smallest absolute Gasteiger partial charge is 0.304 e. The van der Waals surface area contributed by atoms with Gasteiger partial charge in [0.25, 0.3) is 0 Å². The first kappa shape index (κ1) is 14.2. The summed E-state index contributed by atoms with van der Waals surface area (Å²) in [4.78, 5) is 11.1. The number of carboxylic acids is 1. The monoisotopic (exact) mass is 292 g/mol. The molecule has 21 heavy (non-hydrogen) atoms. The Labute approximate surface area is 123 Å². The lowest BCUT2D eigenvalue weighted by Gasteiger charge is -2.21. The Kier molecular flexibility index (Phi) is 3.76. The summed E-state index contributed by atoms with van der Waals surface area (Å²) < 4.78 is 16.8. The molecular weight excluding hydrogens is 272 g/mol. The average molecular weight is 292 g/mol. The lowest BCUT2D eigenvalue weighted by Crippen LogP contribution is -2.18. The van der Waals surface area contributed by atoms with Crippen molar-refractivity contribution < 1.29 is 24.1 Å². The molecule has 0 bridgehead atoms. The standard InChI is InChI=1S/C16H20O5/c1-19-15-12(16(6-7-16)9-14(17)18)3-2-4-13(15)21-11-5-8-20-10-11/h2-4,11H,5-10H2,1H3,(H,17,18). The molecule has 114 valence electrons. The van der Waals surface area contributed by atoms with Crippen LogP contribution in [0.4, 0.5) is 0 Å². The van der Waals surface area contributed by atoms with E-state index in [1.165, 1.54) is 0 Å². The summed E-state index contributed by atoms with van der Waals surface area (Å²) in [5.41, 5.74) is 0.659. The highest BCUT2D eigenvalue weighted by molar-refractivity contribution is 5.71. The van der Waals surface area contributed by atoms with Gasteiger partial charge in [-0.25, -0.2) is 0 Å². The number of ether oxygens (including phenoxy) is 3. The maximum atomic E-state index is 11.1. The molecule has 1 atom stereocenters. The second-order valence-corrected chi connectivity index (χ2v) is 5.79. The van der Waals surface area contributed by atoms with Crippen molar-refractivity contribution >= 4 is 5.97 Å². The number of carboxylic acid groups (broad SMARTS) is 1. The molecule has 3 rings (SSSR count). The maximum Gasteiger partial charge on any atom is 0.304 e. The first-order chi connectivity index (χ1) is 10.1. The van der Waals surface area contributed by atoms with Gasteiger partial charge in [0.2, 0.25) is 0 Å². The van der Waals surface area contributed by atoms with Crippen LogP contribution < -0.4 is 9.47 Å². The van der Waals surface area contributed by atoms with E-state index in [0.29, 0.717) is 18.1 Å². The number of benzene rings is 1. The fourth-order valence-electron chi connectivity index (χ4n) is 3.00. The molecule has 1 heterocycles. The second kappa shape index (κ2) is 5.56. The molecule has 1 saturated heterocycles. The van der Waals surface area contributed by atoms with Gasteiger partial charge in [-0.3, -0.25) is 4.79 Å². The molecule has 5 heteroatoms. The number of methoxy groups -OCH3 is 1. The van der Waals surface area contributed by atoms with Crippen molar-refractivity contribution in [3.8, 4) is 11.5 Å². The highest BCUT2D eigenvalue weighted by Crippen LogP contribution is 2.55. The molecule has 1 saturated carbocycles. The summed E-state index contributed by atoms with van der Waals surface area (Å²) in [7, 11) is 1.60. The molecule has 1 aliphatic heterocycles. The molecular formula is C16H20O5. The molecule has 2 aliphatic rings. The number of para-hydroxylation sites is 1. The number of carbonyl (C=O) groups is 1. The van der Waals surface area contributed by atoms with Gasteiger partial charge in [-0.1, -0.05) is 12.1 Å². The zero-order chi connectivity index (χ0) is 14.9. The molecule has 1 unspecified atom stereocenters. The van der Waals surface area contributed by atoms with Gasteiger partial charge in [-0.15, -0.1) is 0 Å². The van der Waals surface area contributed by atoms with Crippen LogP contribution in [0.3, 0.4) is 0 Å². The van der Waals surface area contributed by atoms with E-state index in [0.717, 1.165) is 31.4 Å². The number of aliphatic carboxylic acids is 1. The largest absolute Gasteiger partial charge is 0.493 e. The molecule has 1 aromatic rings. The minimum absolute atomic E-state index is 0.0452. The van der Waals surface area contributed by atoms with Gasteiger partial charge >= 0.3 is 5.97 Å². The van der Waals surface area contributed by atoms with Gasteiger partial charge < -0.3 is 19.3 Å². The lowest BCUT2D eigenvalue weighted by atomic mass is 9.91. The Morgan fingerprint density at radius 3 is 2.86 bits per heavy atom. The first-order valence-electron chi connectivity index (χ1n) is 7.28. The summed E-state index contributed by atoms with van der Waals surface area (Å²) in [6.07, 6.45) is 2.81. The summed E-state index contributed by atoms with van der Waals surface area (Å²) in [6.45, 7) is 1.31. The summed E-state index contributed by atoms with van der Waals surface area (Å²) in [6, 6.07) is 5.73. The van der Waals surface area contributed by atoms with Gasteiger partial charge in [0, 0.05) is 17.4 Å². The lowest BCUT2D eigenvalue weighted by molar-refractivity contribution is -0.137. The summed E-state index contributed by atoms with van der Waals surface area (Å²) >= 11 is 0. The van der Waals surface area contributed by atoms with Gasteiger partial charge in [-0.2, -0.15) is 0 Å².